The van der Waals surface area contributed by atoms with E-state index in [4.69, 9.17) is 19.4 Å². The van der Waals surface area contributed by atoms with Gasteiger partial charge in [0, 0.05) is 18.6 Å². The molecule has 0 amide bonds. The number of methoxy groups -OCH3 is 1. The minimum atomic E-state index is -0.362. The molecule has 3 rings (SSSR count). The lowest BCUT2D eigenvalue weighted by molar-refractivity contribution is 0.284. The van der Waals surface area contributed by atoms with E-state index in [1.807, 2.05) is 30.3 Å². The number of aliphatic hydroxyl groups excluding tert-OH is 2. The average molecular weight is 396 g/mol. The molecular weight excluding hydrogens is 368 g/mol. The van der Waals surface area contributed by atoms with E-state index in [-0.39, 0.29) is 18.8 Å². The molecule has 0 fully saturated rings. The Morgan fingerprint density at radius 2 is 1.59 bits per heavy atom. The molecule has 0 radical (unpaired) electrons. The summed E-state index contributed by atoms with van der Waals surface area (Å²) in [6.07, 6.45) is 4.81. The predicted octanol–water partition coefficient (Wildman–Crippen LogP) is 4.10. The Labute approximate surface area is 170 Å². The summed E-state index contributed by atoms with van der Waals surface area (Å²) in [6, 6.07) is 13.4. The summed E-state index contributed by atoms with van der Waals surface area (Å²) in [5.74, 6) is 0.733. The minimum Gasteiger partial charge on any atom is -0.497 e. The molecule has 0 aliphatic heterocycles. The van der Waals surface area contributed by atoms with Crippen LogP contribution in [-0.2, 0) is 12.8 Å². The molecule has 1 aromatic heterocycles. The van der Waals surface area contributed by atoms with E-state index in [2.05, 4.69) is 12.1 Å². The Hall–Kier alpha value is -2.63. The van der Waals surface area contributed by atoms with Crippen molar-refractivity contribution in [3.05, 3.63) is 64.0 Å². The number of unbranched alkanes of at least 4 members (excludes halogenated alkanes) is 2. The van der Waals surface area contributed by atoms with E-state index in [9.17, 15) is 4.79 Å². The van der Waals surface area contributed by atoms with Gasteiger partial charge < -0.3 is 19.4 Å². The lowest BCUT2D eigenvalue weighted by Gasteiger charge is -2.11. The van der Waals surface area contributed by atoms with Gasteiger partial charge >= 0.3 is 5.63 Å². The fraction of sp³-hybridized carbons (Fsp3) is 0.375. The summed E-state index contributed by atoms with van der Waals surface area (Å²) >= 11 is 0. The zero-order valence-corrected chi connectivity index (χ0v) is 16.8. The Morgan fingerprint density at radius 3 is 2.24 bits per heavy atom. The van der Waals surface area contributed by atoms with E-state index in [1.165, 1.54) is 5.56 Å². The van der Waals surface area contributed by atoms with Crippen LogP contribution in [0.1, 0.15) is 36.8 Å². The summed E-state index contributed by atoms with van der Waals surface area (Å²) in [5.41, 5.74) is 3.73. The van der Waals surface area contributed by atoms with Gasteiger partial charge in [-0.05, 0) is 79.5 Å². The molecule has 0 spiro atoms. The van der Waals surface area contributed by atoms with Crippen LogP contribution < -0.4 is 10.4 Å². The summed E-state index contributed by atoms with van der Waals surface area (Å²) in [6.45, 7) is 0.340. The molecule has 154 valence electrons. The van der Waals surface area contributed by atoms with Crippen LogP contribution >= 0.6 is 0 Å². The quantitative estimate of drug-likeness (QED) is 0.398. The summed E-state index contributed by atoms with van der Waals surface area (Å²) < 4.78 is 11.0. The van der Waals surface area contributed by atoms with E-state index >= 15 is 0 Å². The molecule has 0 saturated heterocycles. The Morgan fingerprint density at radius 1 is 0.897 bits per heavy atom. The first kappa shape index (κ1) is 21.1. The van der Waals surface area contributed by atoms with Gasteiger partial charge in [-0.3, -0.25) is 0 Å². The molecule has 1 heterocycles. The number of aryl methyl sites for hydroxylation is 2. The Balaban J connectivity index is 2.04. The molecule has 0 atom stereocenters. The van der Waals surface area contributed by atoms with Crippen LogP contribution in [-0.4, -0.2) is 30.5 Å². The number of fused-ring (bicyclic) bond motifs is 1. The van der Waals surface area contributed by atoms with Crippen molar-refractivity contribution < 1.29 is 19.4 Å². The van der Waals surface area contributed by atoms with Gasteiger partial charge in [0.25, 0.3) is 0 Å². The van der Waals surface area contributed by atoms with Crippen LogP contribution in [0.2, 0.25) is 0 Å². The van der Waals surface area contributed by atoms with Gasteiger partial charge in [-0.2, -0.15) is 0 Å². The van der Waals surface area contributed by atoms with Gasteiger partial charge in [-0.25, -0.2) is 4.79 Å². The van der Waals surface area contributed by atoms with E-state index in [0.29, 0.717) is 17.6 Å². The largest absolute Gasteiger partial charge is 0.497 e. The third-order valence-electron chi connectivity index (χ3n) is 5.10. The van der Waals surface area contributed by atoms with Crippen LogP contribution in [0.4, 0.5) is 0 Å². The molecule has 5 nitrogen and oxygen atoms in total. The molecule has 2 aromatic carbocycles. The summed E-state index contributed by atoms with van der Waals surface area (Å²) in [4.78, 5) is 12.7. The number of hydrogen-bond acceptors (Lipinski definition) is 5. The van der Waals surface area contributed by atoms with Crippen molar-refractivity contribution in [1.82, 2.24) is 0 Å². The van der Waals surface area contributed by atoms with Crippen LogP contribution in [0, 0.1) is 0 Å². The molecule has 29 heavy (non-hydrogen) atoms. The lowest BCUT2D eigenvalue weighted by Crippen LogP contribution is -2.05. The fourth-order valence-corrected chi connectivity index (χ4v) is 3.55. The number of ether oxygens (including phenoxy) is 1. The third kappa shape index (κ3) is 5.25. The maximum Gasteiger partial charge on any atom is 0.344 e. The molecule has 0 bridgehead atoms. The first-order valence-corrected chi connectivity index (χ1v) is 10.1. The van der Waals surface area contributed by atoms with Crippen molar-refractivity contribution in [2.24, 2.45) is 0 Å². The maximum atomic E-state index is 12.7. The lowest BCUT2D eigenvalue weighted by atomic mass is 9.97. The van der Waals surface area contributed by atoms with Crippen molar-refractivity contribution in [3.63, 3.8) is 0 Å². The van der Waals surface area contributed by atoms with Crippen molar-refractivity contribution >= 4 is 11.0 Å². The highest BCUT2D eigenvalue weighted by molar-refractivity contribution is 5.85. The van der Waals surface area contributed by atoms with Gasteiger partial charge in [0.15, 0.2) is 0 Å². The Kier molecular flexibility index (Phi) is 7.44. The molecule has 0 aliphatic carbocycles. The van der Waals surface area contributed by atoms with Crippen molar-refractivity contribution in [3.8, 4) is 16.9 Å². The van der Waals surface area contributed by atoms with Crippen LogP contribution in [0.3, 0.4) is 0 Å². The van der Waals surface area contributed by atoms with Crippen molar-refractivity contribution in [2.45, 2.75) is 38.5 Å². The monoisotopic (exact) mass is 396 g/mol. The van der Waals surface area contributed by atoms with Gasteiger partial charge in [0.05, 0.1) is 12.7 Å². The number of rotatable bonds is 10. The van der Waals surface area contributed by atoms with Crippen LogP contribution in [0.15, 0.2) is 51.7 Å². The second-order valence-electron chi connectivity index (χ2n) is 7.21. The average Bonchev–Trinajstić information content (AvgIpc) is 2.74. The molecule has 2 N–H and O–H groups in total. The summed E-state index contributed by atoms with van der Waals surface area (Å²) in [5, 5.41) is 19.1. The van der Waals surface area contributed by atoms with Crippen molar-refractivity contribution in [1.29, 1.82) is 0 Å². The standard InChI is InChI=1S/C24H28O5/c1-28-21-10-8-18(9-11-21)22-16-20-15-17(6-2-4-12-25)14-19(7-3-5-13-26)23(20)29-24(22)27/h8-11,14-16,25-26H,2-7,12-13H2,1H3. The first-order chi connectivity index (χ1) is 14.2. The zero-order chi connectivity index (χ0) is 20.6. The predicted molar refractivity (Wildman–Crippen MR) is 115 cm³/mol. The zero-order valence-electron chi connectivity index (χ0n) is 16.8. The van der Waals surface area contributed by atoms with Gasteiger partial charge in [-0.15, -0.1) is 0 Å². The normalized spacial score (nSPS) is 11.1. The van der Waals surface area contributed by atoms with E-state index in [1.54, 1.807) is 7.11 Å². The van der Waals surface area contributed by atoms with Crippen LogP contribution in [0.5, 0.6) is 5.75 Å². The molecular formula is C24H28O5. The van der Waals surface area contributed by atoms with E-state index in [0.717, 1.165) is 54.4 Å². The minimum absolute atomic E-state index is 0.152. The van der Waals surface area contributed by atoms with Gasteiger partial charge in [0.1, 0.15) is 11.3 Å². The number of benzene rings is 2. The molecule has 3 aromatic rings. The SMILES string of the molecule is COc1ccc(-c2cc3cc(CCCCO)cc(CCCCO)c3oc2=O)cc1. The first-order valence-electron chi connectivity index (χ1n) is 10.1. The molecule has 0 saturated carbocycles. The highest BCUT2D eigenvalue weighted by Gasteiger charge is 2.13. The number of aliphatic hydroxyl groups is 2. The second kappa shape index (κ2) is 10.2. The smallest absolute Gasteiger partial charge is 0.344 e. The van der Waals surface area contributed by atoms with Crippen LogP contribution in [0.25, 0.3) is 22.1 Å². The van der Waals surface area contributed by atoms with E-state index < -0.39 is 0 Å². The van der Waals surface area contributed by atoms with Gasteiger partial charge in [0.2, 0.25) is 0 Å². The summed E-state index contributed by atoms with van der Waals surface area (Å²) in [7, 11) is 1.61. The molecule has 0 unspecified atom stereocenters. The van der Waals surface area contributed by atoms with Crippen molar-refractivity contribution in [2.75, 3.05) is 20.3 Å². The third-order valence-corrected chi connectivity index (χ3v) is 5.10. The molecule has 5 heteroatoms. The highest BCUT2D eigenvalue weighted by Crippen LogP contribution is 2.27. The van der Waals surface area contributed by atoms with Gasteiger partial charge in [-0.1, -0.05) is 18.2 Å². The Bertz CT molecular complexity index is 989. The maximum absolute atomic E-state index is 12.7. The number of hydrogen-bond donors (Lipinski definition) is 2. The second-order valence-corrected chi connectivity index (χ2v) is 7.21. The topological polar surface area (TPSA) is 79.9 Å². The molecule has 0 aliphatic rings. The fourth-order valence-electron chi connectivity index (χ4n) is 3.55. The highest BCUT2D eigenvalue weighted by atomic mass is 16.5.